The van der Waals surface area contributed by atoms with Crippen molar-refractivity contribution in [1.82, 2.24) is 20.0 Å². The molecule has 2 aromatic carbocycles. The van der Waals surface area contributed by atoms with Gasteiger partial charge in [-0.05, 0) is 76.1 Å². The highest BCUT2D eigenvalue weighted by Gasteiger charge is 2.30. The Labute approximate surface area is 240 Å². The monoisotopic (exact) mass is 580 g/mol. The van der Waals surface area contributed by atoms with E-state index in [4.69, 9.17) is 4.74 Å². The van der Waals surface area contributed by atoms with Gasteiger partial charge in [-0.1, -0.05) is 18.2 Å². The first kappa shape index (κ1) is 29.9. The third-order valence-corrected chi connectivity index (χ3v) is 7.81. The van der Waals surface area contributed by atoms with Crippen LogP contribution in [0.2, 0.25) is 0 Å². The molecule has 1 aromatic heterocycles. The molecule has 4 rings (SSSR count). The van der Waals surface area contributed by atoms with E-state index in [-0.39, 0.29) is 17.5 Å². The number of hydrogen-bond acceptors (Lipinski definition) is 9. The lowest BCUT2D eigenvalue weighted by atomic mass is 10.0. The van der Waals surface area contributed by atoms with Gasteiger partial charge in [-0.3, -0.25) is 9.59 Å². The topological polar surface area (TPSA) is 143 Å². The number of anilines is 2. The molecule has 2 heterocycles. The Balaban J connectivity index is 1.38. The van der Waals surface area contributed by atoms with Gasteiger partial charge in [0, 0.05) is 49.3 Å². The largest absolute Gasteiger partial charge is 0.459 e. The molecular formula is C29H36N6O5S. The highest BCUT2D eigenvalue weighted by Crippen LogP contribution is 2.22. The van der Waals surface area contributed by atoms with Gasteiger partial charge in [-0.25, -0.2) is 18.4 Å². The highest BCUT2D eigenvalue weighted by atomic mass is 32.2. The molecule has 1 amide bonds. The van der Waals surface area contributed by atoms with Gasteiger partial charge in [0.15, 0.2) is 0 Å². The standard InChI is InChI=1S/C29H36N6O5S/c1-29(2,3)40-27(37)25(34-41(38,39)24-10-5-4-6-11-24)19-32-26(36)21-12-14-23(15-13-21)35-18-7-9-22(20-35)33-28-30-16-8-17-31-28/h4-6,8,10-17,22,25,34H,7,9,18-20H2,1-3H3,(H,32,36)(H,30,31,33). The molecule has 3 aromatic rings. The third-order valence-electron chi connectivity index (χ3n) is 6.32. The fourth-order valence-corrected chi connectivity index (χ4v) is 5.61. The number of nitrogens with one attached hydrogen (secondary N) is 3. The number of benzene rings is 2. The van der Waals surface area contributed by atoms with Crippen LogP contribution in [0.15, 0.2) is 78.0 Å². The number of hydrogen-bond donors (Lipinski definition) is 3. The quantitative estimate of drug-likeness (QED) is 0.309. The molecule has 1 aliphatic heterocycles. The molecule has 1 aliphatic rings. The van der Waals surface area contributed by atoms with Gasteiger partial charge in [-0.15, -0.1) is 0 Å². The van der Waals surface area contributed by atoms with Crippen molar-refractivity contribution in [2.45, 2.75) is 56.2 Å². The third kappa shape index (κ3) is 8.73. The summed E-state index contributed by atoms with van der Waals surface area (Å²) in [6.45, 7) is 6.42. The van der Waals surface area contributed by atoms with Crippen LogP contribution >= 0.6 is 0 Å². The van der Waals surface area contributed by atoms with Crippen LogP contribution in [0, 0.1) is 0 Å². The number of aromatic nitrogens is 2. The van der Waals surface area contributed by atoms with Gasteiger partial charge >= 0.3 is 5.97 Å². The van der Waals surface area contributed by atoms with E-state index in [1.54, 1.807) is 69.6 Å². The van der Waals surface area contributed by atoms with Crippen molar-refractivity contribution in [3.05, 3.63) is 78.6 Å². The van der Waals surface area contributed by atoms with Crippen LogP contribution in [0.5, 0.6) is 0 Å². The zero-order chi connectivity index (χ0) is 29.5. The lowest BCUT2D eigenvalue weighted by molar-refractivity contribution is -0.156. The maximum absolute atomic E-state index is 13.0. The van der Waals surface area contributed by atoms with Crippen molar-refractivity contribution in [1.29, 1.82) is 0 Å². The molecule has 0 saturated carbocycles. The van der Waals surface area contributed by atoms with E-state index in [2.05, 4.69) is 30.2 Å². The average molecular weight is 581 g/mol. The van der Waals surface area contributed by atoms with E-state index in [9.17, 15) is 18.0 Å². The number of esters is 1. The van der Waals surface area contributed by atoms with E-state index < -0.39 is 33.5 Å². The minimum Gasteiger partial charge on any atom is -0.459 e. The molecule has 1 fully saturated rings. The predicted octanol–water partition coefficient (Wildman–Crippen LogP) is 2.98. The molecule has 12 heteroatoms. The van der Waals surface area contributed by atoms with Crippen LogP contribution in [0.4, 0.5) is 11.6 Å². The first-order valence-corrected chi connectivity index (χ1v) is 15.0. The Hall–Kier alpha value is -4.03. The second kappa shape index (κ2) is 13.1. The molecule has 0 spiro atoms. The SMILES string of the molecule is CC(C)(C)OC(=O)C(CNC(=O)c1ccc(N2CCCC(Nc3ncccn3)C2)cc1)NS(=O)(=O)c1ccccc1. The number of sulfonamides is 1. The maximum atomic E-state index is 13.0. The Morgan fingerprint density at radius 3 is 2.37 bits per heavy atom. The molecule has 0 bridgehead atoms. The second-order valence-corrected chi connectivity index (χ2v) is 12.5. The number of carbonyl (C=O) groups is 2. The molecule has 41 heavy (non-hydrogen) atoms. The van der Waals surface area contributed by atoms with E-state index in [1.165, 1.54) is 12.1 Å². The summed E-state index contributed by atoms with van der Waals surface area (Å²) in [5.74, 6) is -0.632. The summed E-state index contributed by atoms with van der Waals surface area (Å²) in [5, 5.41) is 6.04. The van der Waals surface area contributed by atoms with E-state index in [0.717, 1.165) is 31.6 Å². The van der Waals surface area contributed by atoms with Crippen LogP contribution in [0.1, 0.15) is 44.0 Å². The fraction of sp³-hybridized carbons (Fsp3) is 0.379. The van der Waals surface area contributed by atoms with Crippen LogP contribution in [-0.2, 0) is 19.6 Å². The molecule has 0 radical (unpaired) electrons. The van der Waals surface area contributed by atoms with Crippen LogP contribution in [-0.4, -0.2) is 67.6 Å². The van der Waals surface area contributed by atoms with E-state index in [1.807, 2.05) is 12.1 Å². The Kier molecular flexibility index (Phi) is 9.56. The van der Waals surface area contributed by atoms with Crippen LogP contribution in [0.25, 0.3) is 0 Å². The molecule has 0 aliphatic carbocycles. The minimum atomic E-state index is -4.04. The number of carbonyl (C=O) groups excluding carboxylic acids is 2. The number of nitrogens with zero attached hydrogens (tertiary/aromatic N) is 3. The molecule has 11 nitrogen and oxygen atoms in total. The van der Waals surface area contributed by atoms with Crippen molar-refractivity contribution >= 4 is 33.5 Å². The number of amides is 1. The summed E-state index contributed by atoms with van der Waals surface area (Å²) < 4.78 is 33.6. The fourth-order valence-electron chi connectivity index (χ4n) is 4.41. The van der Waals surface area contributed by atoms with Gasteiger partial charge in [0.2, 0.25) is 16.0 Å². The Morgan fingerprint density at radius 2 is 1.71 bits per heavy atom. The zero-order valence-corrected chi connectivity index (χ0v) is 24.2. The first-order chi connectivity index (χ1) is 19.5. The average Bonchev–Trinajstić information content (AvgIpc) is 2.95. The van der Waals surface area contributed by atoms with Gasteiger partial charge in [0.25, 0.3) is 5.91 Å². The zero-order valence-electron chi connectivity index (χ0n) is 23.4. The summed E-state index contributed by atoms with van der Waals surface area (Å²) in [6.07, 6.45) is 5.40. The molecule has 2 atom stereocenters. The first-order valence-electron chi connectivity index (χ1n) is 13.5. The summed E-state index contributed by atoms with van der Waals surface area (Å²) in [4.78, 5) is 36.5. The van der Waals surface area contributed by atoms with E-state index >= 15 is 0 Å². The molecular weight excluding hydrogens is 544 g/mol. The Bertz CT molecular complexity index is 1410. The van der Waals surface area contributed by atoms with Gasteiger partial charge in [-0.2, -0.15) is 4.72 Å². The smallest absolute Gasteiger partial charge is 0.326 e. The van der Waals surface area contributed by atoms with Crippen molar-refractivity contribution in [2.24, 2.45) is 0 Å². The van der Waals surface area contributed by atoms with E-state index in [0.29, 0.717) is 11.5 Å². The molecule has 218 valence electrons. The molecule has 2 unspecified atom stereocenters. The minimum absolute atomic E-state index is 0.00178. The number of rotatable bonds is 10. The predicted molar refractivity (Wildman–Crippen MR) is 156 cm³/mol. The lowest BCUT2D eigenvalue weighted by Gasteiger charge is -2.34. The lowest BCUT2D eigenvalue weighted by Crippen LogP contribution is -2.50. The Morgan fingerprint density at radius 1 is 1.02 bits per heavy atom. The van der Waals surface area contributed by atoms with Gasteiger partial charge in [0.05, 0.1) is 4.90 Å². The summed E-state index contributed by atoms with van der Waals surface area (Å²) in [6, 6.07) is 15.5. The number of piperidine rings is 1. The maximum Gasteiger partial charge on any atom is 0.326 e. The summed E-state index contributed by atoms with van der Waals surface area (Å²) >= 11 is 0. The van der Waals surface area contributed by atoms with Crippen molar-refractivity contribution in [3.63, 3.8) is 0 Å². The van der Waals surface area contributed by atoms with Gasteiger partial charge < -0.3 is 20.3 Å². The molecule has 3 N–H and O–H groups in total. The van der Waals surface area contributed by atoms with Crippen LogP contribution < -0.4 is 20.3 Å². The van der Waals surface area contributed by atoms with Crippen molar-refractivity contribution in [2.75, 3.05) is 29.9 Å². The molecule has 1 saturated heterocycles. The number of ether oxygens (including phenoxy) is 1. The van der Waals surface area contributed by atoms with Gasteiger partial charge in [0.1, 0.15) is 11.6 Å². The summed E-state index contributed by atoms with van der Waals surface area (Å²) in [7, 11) is -4.04. The summed E-state index contributed by atoms with van der Waals surface area (Å²) in [5.41, 5.74) is 0.515. The second-order valence-electron chi connectivity index (χ2n) is 10.8. The van der Waals surface area contributed by atoms with Crippen molar-refractivity contribution < 1.29 is 22.7 Å². The van der Waals surface area contributed by atoms with Crippen LogP contribution in [0.3, 0.4) is 0 Å². The normalized spacial score (nSPS) is 16.5. The highest BCUT2D eigenvalue weighted by molar-refractivity contribution is 7.89. The van der Waals surface area contributed by atoms with Crippen molar-refractivity contribution in [3.8, 4) is 0 Å².